The molecule has 1 aromatic heterocycles. The maximum Gasteiger partial charge on any atom is 0.343 e. The number of aromatic nitrogens is 1. The Bertz CT molecular complexity index is 658. The molecule has 0 atom stereocenters. The molecular weight excluding hydrogens is 276 g/mol. The molecule has 4 nitrogen and oxygen atoms in total. The van der Waals surface area contributed by atoms with Gasteiger partial charge in [0.05, 0.1) is 16.8 Å². The fourth-order valence-electron chi connectivity index (χ4n) is 2.31. The number of hydrogen-bond donors (Lipinski definition) is 1. The van der Waals surface area contributed by atoms with Gasteiger partial charge in [0.15, 0.2) is 5.75 Å². The lowest BCUT2D eigenvalue weighted by molar-refractivity contribution is 0.0733. The molecule has 0 bridgehead atoms. The Morgan fingerprint density at radius 3 is 3.10 bits per heavy atom. The van der Waals surface area contributed by atoms with Gasteiger partial charge in [-0.2, -0.15) is 0 Å². The van der Waals surface area contributed by atoms with Gasteiger partial charge in [0.2, 0.25) is 0 Å². The Labute approximate surface area is 121 Å². The topological polar surface area (TPSA) is 51.2 Å². The van der Waals surface area contributed by atoms with Gasteiger partial charge in [-0.1, -0.05) is 17.7 Å². The molecule has 0 spiro atoms. The first-order valence-electron chi connectivity index (χ1n) is 6.42. The summed E-state index contributed by atoms with van der Waals surface area (Å²) in [6, 6.07) is 7.18. The van der Waals surface area contributed by atoms with Crippen LogP contribution in [0.4, 0.5) is 5.69 Å². The first kappa shape index (κ1) is 12.9. The second kappa shape index (κ2) is 5.51. The standard InChI is InChI=1S/C15H13ClN2O2/c16-10-7-11(9-17-8-10)20-15(19)13-3-1-5-14-12(13)4-2-6-18-14/h1,3,5,7-9,18H,2,4,6H2. The number of anilines is 1. The number of esters is 1. The van der Waals surface area contributed by atoms with Gasteiger partial charge in [-0.25, -0.2) is 4.79 Å². The lowest BCUT2D eigenvalue weighted by atomic mass is 9.98. The largest absolute Gasteiger partial charge is 0.421 e. The van der Waals surface area contributed by atoms with Crippen molar-refractivity contribution in [2.45, 2.75) is 12.8 Å². The smallest absolute Gasteiger partial charge is 0.343 e. The van der Waals surface area contributed by atoms with Gasteiger partial charge in [0.25, 0.3) is 0 Å². The van der Waals surface area contributed by atoms with E-state index < -0.39 is 0 Å². The number of hydrogen-bond acceptors (Lipinski definition) is 4. The third kappa shape index (κ3) is 2.60. The summed E-state index contributed by atoms with van der Waals surface area (Å²) in [5.41, 5.74) is 2.61. The molecule has 1 N–H and O–H groups in total. The van der Waals surface area contributed by atoms with Crippen LogP contribution in [0.3, 0.4) is 0 Å². The number of rotatable bonds is 2. The lowest BCUT2D eigenvalue weighted by Gasteiger charge is -2.20. The predicted molar refractivity (Wildman–Crippen MR) is 77.5 cm³/mol. The van der Waals surface area contributed by atoms with Crippen LogP contribution in [-0.2, 0) is 6.42 Å². The lowest BCUT2D eigenvalue weighted by Crippen LogP contribution is -2.18. The molecule has 2 aromatic rings. The number of benzene rings is 1. The van der Waals surface area contributed by atoms with E-state index in [-0.39, 0.29) is 5.97 Å². The van der Waals surface area contributed by atoms with Crippen molar-refractivity contribution in [3.8, 4) is 5.75 Å². The van der Waals surface area contributed by atoms with Gasteiger partial charge in [-0.05, 0) is 30.5 Å². The van der Waals surface area contributed by atoms with Gasteiger partial charge in [0, 0.05) is 24.5 Å². The summed E-state index contributed by atoms with van der Waals surface area (Å²) >= 11 is 5.83. The molecule has 0 saturated heterocycles. The quantitative estimate of drug-likeness (QED) is 0.862. The molecule has 3 rings (SSSR count). The van der Waals surface area contributed by atoms with E-state index in [2.05, 4.69) is 10.3 Å². The van der Waals surface area contributed by atoms with E-state index >= 15 is 0 Å². The fourth-order valence-corrected chi connectivity index (χ4v) is 2.48. The fraction of sp³-hybridized carbons (Fsp3) is 0.200. The van der Waals surface area contributed by atoms with E-state index in [9.17, 15) is 4.79 Å². The van der Waals surface area contributed by atoms with Crippen LogP contribution < -0.4 is 10.1 Å². The van der Waals surface area contributed by atoms with Crippen molar-refractivity contribution < 1.29 is 9.53 Å². The molecule has 102 valence electrons. The summed E-state index contributed by atoms with van der Waals surface area (Å²) in [6.45, 7) is 0.934. The van der Waals surface area contributed by atoms with E-state index in [4.69, 9.17) is 16.3 Å². The first-order valence-corrected chi connectivity index (χ1v) is 6.80. The third-order valence-corrected chi connectivity index (χ3v) is 3.41. The molecule has 1 aliphatic heterocycles. The van der Waals surface area contributed by atoms with E-state index in [1.54, 1.807) is 12.1 Å². The van der Waals surface area contributed by atoms with Gasteiger partial charge < -0.3 is 10.1 Å². The molecule has 0 saturated carbocycles. The maximum atomic E-state index is 12.3. The molecule has 1 aromatic carbocycles. The third-order valence-electron chi connectivity index (χ3n) is 3.21. The van der Waals surface area contributed by atoms with Gasteiger partial charge in [-0.15, -0.1) is 0 Å². The SMILES string of the molecule is O=C(Oc1cncc(Cl)c1)c1cccc2c1CCCN2. The van der Waals surface area contributed by atoms with Crippen molar-refractivity contribution >= 4 is 23.3 Å². The molecule has 0 radical (unpaired) electrons. The average molecular weight is 289 g/mol. The van der Waals surface area contributed by atoms with Gasteiger partial charge in [0.1, 0.15) is 0 Å². The summed E-state index contributed by atoms with van der Waals surface area (Å²) in [5, 5.41) is 3.73. The van der Waals surface area contributed by atoms with Crippen LogP contribution in [0.25, 0.3) is 0 Å². The molecule has 0 fully saturated rings. The highest BCUT2D eigenvalue weighted by molar-refractivity contribution is 6.30. The van der Waals surface area contributed by atoms with Crippen LogP contribution in [0.5, 0.6) is 5.75 Å². The summed E-state index contributed by atoms with van der Waals surface area (Å²) < 4.78 is 5.33. The second-order valence-corrected chi connectivity index (χ2v) is 5.03. The minimum atomic E-state index is -0.380. The van der Waals surface area contributed by atoms with Crippen LogP contribution in [0.2, 0.25) is 5.02 Å². The Balaban J connectivity index is 1.88. The normalized spacial score (nSPS) is 13.2. The highest BCUT2D eigenvalue weighted by Gasteiger charge is 2.19. The predicted octanol–water partition coefficient (Wildman–Crippen LogP) is 3.31. The van der Waals surface area contributed by atoms with Crippen molar-refractivity contribution in [3.05, 3.63) is 52.8 Å². The van der Waals surface area contributed by atoms with Crippen LogP contribution >= 0.6 is 11.6 Å². The van der Waals surface area contributed by atoms with Crippen LogP contribution in [0, 0.1) is 0 Å². The number of carbonyl (C=O) groups is 1. The number of halogens is 1. The number of pyridine rings is 1. The summed E-state index contributed by atoms with van der Waals surface area (Å²) in [5.74, 6) is -0.0292. The minimum absolute atomic E-state index is 0.351. The van der Waals surface area contributed by atoms with Crippen molar-refractivity contribution in [2.24, 2.45) is 0 Å². The van der Waals surface area contributed by atoms with E-state index in [0.717, 1.165) is 30.6 Å². The van der Waals surface area contributed by atoms with E-state index in [0.29, 0.717) is 16.3 Å². The number of nitrogens with zero attached hydrogens (tertiary/aromatic N) is 1. The number of ether oxygens (including phenoxy) is 1. The molecule has 0 amide bonds. The minimum Gasteiger partial charge on any atom is -0.421 e. The second-order valence-electron chi connectivity index (χ2n) is 4.59. The zero-order chi connectivity index (χ0) is 13.9. The summed E-state index contributed by atoms with van der Waals surface area (Å²) in [6.07, 6.45) is 4.85. The molecule has 0 aliphatic carbocycles. The van der Waals surface area contributed by atoms with Crippen LogP contribution in [-0.4, -0.2) is 17.5 Å². The molecule has 5 heteroatoms. The number of nitrogens with one attached hydrogen (secondary N) is 1. The van der Waals surface area contributed by atoms with Crippen molar-refractivity contribution in [3.63, 3.8) is 0 Å². The Morgan fingerprint density at radius 2 is 2.25 bits per heavy atom. The molecule has 0 unspecified atom stereocenters. The maximum absolute atomic E-state index is 12.3. The van der Waals surface area contributed by atoms with Crippen LogP contribution in [0.15, 0.2) is 36.7 Å². The summed E-state index contributed by atoms with van der Waals surface area (Å²) in [4.78, 5) is 16.2. The molecule has 2 heterocycles. The van der Waals surface area contributed by atoms with Crippen molar-refractivity contribution in [1.82, 2.24) is 4.98 Å². The first-order chi connectivity index (χ1) is 9.74. The Kier molecular flexibility index (Phi) is 3.56. The highest BCUT2D eigenvalue weighted by Crippen LogP contribution is 2.26. The van der Waals surface area contributed by atoms with Gasteiger partial charge >= 0.3 is 5.97 Å². The zero-order valence-electron chi connectivity index (χ0n) is 10.7. The monoisotopic (exact) mass is 288 g/mol. The average Bonchev–Trinajstić information content (AvgIpc) is 2.46. The Hall–Kier alpha value is -2.07. The van der Waals surface area contributed by atoms with E-state index in [1.165, 1.54) is 12.4 Å². The van der Waals surface area contributed by atoms with Crippen molar-refractivity contribution in [2.75, 3.05) is 11.9 Å². The Morgan fingerprint density at radius 1 is 1.35 bits per heavy atom. The zero-order valence-corrected chi connectivity index (χ0v) is 11.5. The van der Waals surface area contributed by atoms with Crippen molar-refractivity contribution in [1.29, 1.82) is 0 Å². The van der Waals surface area contributed by atoms with Gasteiger partial charge in [-0.3, -0.25) is 4.98 Å². The highest BCUT2D eigenvalue weighted by atomic mass is 35.5. The summed E-state index contributed by atoms with van der Waals surface area (Å²) in [7, 11) is 0. The molecule has 1 aliphatic rings. The van der Waals surface area contributed by atoms with Crippen LogP contribution in [0.1, 0.15) is 22.3 Å². The molecule has 20 heavy (non-hydrogen) atoms. The van der Waals surface area contributed by atoms with E-state index in [1.807, 2.05) is 12.1 Å². The number of fused-ring (bicyclic) bond motifs is 1. The number of carbonyl (C=O) groups excluding carboxylic acids is 1. The molecular formula is C15H13ClN2O2.